The Balaban J connectivity index is 1.48. The number of piperidine rings is 2. The fraction of sp³-hybridized carbons (Fsp3) is 0.450. The van der Waals surface area contributed by atoms with Gasteiger partial charge in [-0.05, 0) is 37.8 Å². The number of carbonyl (C=O) groups excluding carboxylic acids is 1. The zero-order valence-corrected chi connectivity index (χ0v) is 18.1. The van der Waals surface area contributed by atoms with Crippen LogP contribution in [0.5, 0.6) is 0 Å². The SMILES string of the molecule is Nc1ncnc(N2CCCC(N3CCCC(Nc4cc(Cl)c(F)c(Cl)c4)C3=O)C2)c1F. The zero-order valence-electron chi connectivity index (χ0n) is 16.6. The van der Waals surface area contributed by atoms with Gasteiger partial charge in [0.15, 0.2) is 17.5 Å². The minimum absolute atomic E-state index is 0.0580. The van der Waals surface area contributed by atoms with Crippen LogP contribution in [-0.4, -0.2) is 52.5 Å². The molecule has 3 heterocycles. The lowest BCUT2D eigenvalue weighted by molar-refractivity contribution is -0.137. The van der Waals surface area contributed by atoms with Gasteiger partial charge in [0.25, 0.3) is 0 Å². The molecule has 2 saturated heterocycles. The first kappa shape index (κ1) is 21.8. The van der Waals surface area contributed by atoms with Gasteiger partial charge in [-0.2, -0.15) is 4.39 Å². The standard InChI is InChI=1S/C20H22Cl2F2N6O/c21-13-7-11(8-14(22)16(13)23)28-15-4-2-6-30(20(15)31)12-3-1-5-29(9-12)19-17(24)18(25)26-10-27-19/h7-8,10,12,15,28H,1-6,9H2,(H2,25,26,27). The summed E-state index contributed by atoms with van der Waals surface area (Å²) >= 11 is 11.7. The number of hydrogen-bond acceptors (Lipinski definition) is 6. The van der Waals surface area contributed by atoms with Crippen LogP contribution in [0.4, 0.5) is 26.1 Å². The van der Waals surface area contributed by atoms with Crippen molar-refractivity contribution in [2.45, 2.75) is 37.8 Å². The molecular formula is C20H22Cl2F2N6O. The number of likely N-dealkylation sites (tertiary alicyclic amines) is 1. The fourth-order valence-corrected chi connectivity index (χ4v) is 4.72. The Morgan fingerprint density at radius 3 is 2.52 bits per heavy atom. The third kappa shape index (κ3) is 4.48. The zero-order chi connectivity index (χ0) is 22.1. The van der Waals surface area contributed by atoms with Crippen LogP contribution >= 0.6 is 23.2 Å². The second kappa shape index (κ2) is 9.00. The Morgan fingerprint density at radius 2 is 1.77 bits per heavy atom. The van der Waals surface area contributed by atoms with E-state index < -0.39 is 17.7 Å². The Morgan fingerprint density at radius 1 is 1.06 bits per heavy atom. The van der Waals surface area contributed by atoms with Gasteiger partial charge >= 0.3 is 0 Å². The van der Waals surface area contributed by atoms with Crippen molar-refractivity contribution in [1.29, 1.82) is 0 Å². The summed E-state index contributed by atoms with van der Waals surface area (Å²) in [6, 6.07) is 2.27. The second-order valence-corrected chi connectivity index (χ2v) is 8.58. The van der Waals surface area contributed by atoms with E-state index in [-0.39, 0.29) is 33.6 Å². The molecule has 2 unspecified atom stereocenters. The molecule has 1 aromatic carbocycles. The molecule has 7 nitrogen and oxygen atoms in total. The largest absolute Gasteiger partial charge is 0.381 e. The highest BCUT2D eigenvalue weighted by atomic mass is 35.5. The molecule has 4 rings (SSSR count). The van der Waals surface area contributed by atoms with Gasteiger partial charge < -0.3 is 20.9 Å². The van der Waals surface area contributed by atoms with E-state index in [0.29, 0.717) is 31.7 Å². The summed E-state index contributed by atoms with van der Waals surface area (Å²) in [7, 11) is 0. The van der Waals surface area contributed by atoms with Crippen LogP contribution in [0.15, 0.2) is 18.5 Å². The van der Waals surface area contributed by atoms with Crippen molar-refractivity contribution < 1.29 is 13.6 Å². The monoisotopic (exact) mass is 470 g/mol. The highest BCUT2D eigenvalue weighted by Crippen LogP contribution is 2.30. The summed E-state index contributed by atoms with van der Waals surface area (Å²) in [5.74, 6) is -1.42. The first-order valence-electron chi connectivity index (χ1n) is 10.1. The summed E-state index contributed by atoms with van der Waals surface area (Å²) < 4.78 is 28.1. The van der Waals surface area contributed by atoms with E-state index in [1.807, 2.05) is 9.80 Å². The van der Waals surface area contributed by atoms with Crippen LogP contribution in [0.25, 0.3) is 0 Å². The number of nitrogen functional groups attached to an aromatic ring is 1. The number of anilines is 3. The molecule has 2 aliphatic heterocycles. The van der Waals surface area contributed by atoms with Crippen LogP contribution in [0.3, 0.4) is 0 Å². The first-order valence-corrected chi connectivity index (χ1v) is 10.8. The lowest BCUT2D eigenvalue weighted by Gasteiger charge is -2.43. The molecule has 1 amide bonds. The predicted molar refractivity (Wildman–Crippen MR) is 116 cm³/mol. The second-order valence-electron chi connectivity index (χ2n) is 7.76. The number of amides is 1. The number of nitrogens with one attached hydrogen (secondary N) is 1. The molecule has 0 saturated carbocycles. The number of benzene rings is 1. The van der Waals surface area contributed by atoms with E-state index >= 15 is 0 Å². The number of halogens is 4. The number of nitrogens with two attached hydrogens (primary N) is 1. The van der Waals surface area contributed by atoms with E-state index in [1.54, 1.807) is 0 Å². The topological polar surface area (TPSA) is 87.4 Å². The summed E-state index contributed by atoms with van der Waals surface area (Å²) in [5.41, 5.74) is 6.07. The van der Waals surface area contributed by atoms with Gasteiger partial charge in [-0.25, -0.2) is 14.4 Å². The predicted octanol–water partition coefficient (Wildman–Crippen LogP) is 3.72. The quantitative estimate of drug-likeness (QED) is 0.662. The van der Waals surface area contributed by atoms with Crippen molar-refractivity contribution in [3.05, 3.63) is 40.1 Å². The summed E-state index contributed by atoms with van der Waals surface area (Å²) in [4.78, 5) is 24.6. The number of aromatic nitrogens is 2. The van der Waals surface area contributed by atoms with Crippen LogP contribution in [-0.2, 0) is 4.79 Å². The Hall–Kier alpha value is -2.39. The average molecular weight is 471 g/mol. The molecule has 2 atom stereocenters. The molecule has 0 spiro atoms. The lowest BCUT2D eigenvalue weighted by atomic mass is 9.97. The first-order chi connectivity index (χ1) is 14.8. The van der Waals surface area contributed by atoms with E-state index in [1.165, 1.54) is 18.5 Å². The fourth-order valence-electron chi connectivity index (χ4n) is 4.23. The molecule has 166 valence electrons. The van der Waals surface area contributed by atoms with Crippen molar-refractivity contribution in [2.24, 2.45) is 0 Å². The normalized spacial score (nSPS) is 22.0. The van der Waals surface area contributed by atoms with E-state index in [2.05, 4.69) is 15.3 Å². The number of rotatable bonds is 4. The minimum Gasteiger partial charge on any atom is -0.381 e. The number of carbonyl (C=O) groups is 1. The highest BCUT2D eigenvalue weighted by Gasteiger charge is 2.36. The van der Waals surface area contributed by atoms with Gasteiger partial charge in [-0.1, -0.05) is 23.2 Å². The summed E-state index contributed by atoms with van der Waals surface area (Å²) in [5, 5.41) is 2.92. The maximum Gasteiger partial charge on any atom is 0.245 e. The third-order valence-corrected chi connectivity index (χ3v) is 6.28. The smallest absolute Gasteiger partial charge is 0.245 e. The summed E-state index contributed by atoms with van der Waals surface area (Å²) in [6.07, 6.45) is 4.28. The molecule has 31 heavy (non-hydrogen) atoms. The minimum atomic E-state index is -0.689. The van der Waals surface area contributed by atoms with Crippen LogP contribution in [0, 0.1) is 11.6 Å². The maximum absolute atomic E-state index is 14.4. The molecule has 0 aliphatic carbocycles. The Kier molecular flexibility index (Phi) is 6.34. The van der Waals surface area contributed by atoms with Crippen LogP contribution in [0.2, 0.25) is 10.0 Å². The van der Waals surface area contributed by atoms with Crippen molar-refractivity contribution in [3.8, 4) is 0 Å². The maximum atomic E-state index is 14.4. The van der Waals surface area contributed by atoms with Crippen molar-refractivity contribution in [2.75, 3.05) is 35.6 Å². The van der Waals surface area contributed by atoms with Crippen LogP contribution in [0.1, 0.15) is 25.7 Å². The number of hydrogen-bond donors (Lipinski definition) is 2. The van der Waals surface area contributed by atoms with Crippen molar-refractivity contribution in [1.82, 2.24) is 14.9 Å². The molecule has 1 aromatic heterocycles. The van der Waals surface area contributed by atoms with Crippen molar-refractivity contribution in [3.63, 3.8) is 0 Å². The van der Waals surface area contributed by atoms with Gasteiger partial charge in [0.2, 0.25) is 11.7 Å². The molecule has 3 N–H and O–H groups in total. The van der Waals surface area contributed by atoms with E-state index in [9.17, 15) is 13.6 Å². The van der Waals surface area contributed by atoms with Gasteiger partial charge in [0.1, 0.15) is 12.4 Å². The average Bonchev–Trinajstić information content (AvgIpc) is 2.75. The molecular weight excluding hydrogens is 449 g/mol. The Labute approximate surface area is 188 Å². The van der Waals surface area contributed by atoms with E-state index in [0.717, 1.165) is 19.3 Å². The summed E-state index contributed by atoms with van der Waals surface area (Å²) in [6.45, 7) is 1.70. The molecule has 2 fully saturated rings. The van der Waals surface area contributed by atoms with Crippen molar-refractivity contribution >= 4 is 46.4 Å². The van der Waals surface area contributed by atoms with Gasteiger partial charge in [-0.3, -0.25) is 4.79 Å². The van der Waals surface area contributed by atoms with Gasteiger partial charge in [0, 0.05) is 31.4 Å². The molecule has 2 aliphatic rings. The number of nitrogens with zero attached hydrogens (tertiary/aromatic N) is 4. The van der Waals surface area contributed by atoms with Crippen LogP contribution < -0.4 is 16.0 Å². The highest BCUT2D eigenvalue weighted by molar-refractivity contribution is 6.35. The molecule has 2 aromatic rings. The Bertz CT molecular complexity index is 971. The van der Waals surface area contributed by atoms with Gasteiger partial charge in [-0.15, -0.1) is 0 Å². The van der Waals surface area contributed by atoms with Gasteiger partial charge in [0.05, 0.1) is 10.0 Å². The molecule has 0 radical (unpaired) electrons. The molecule has 11 heteroatoms. The third-order valence-electron chi connectivity index (χ3n) is 5.73. The molecule has 0 bridgehead atoms. The van der Waals surface area contributed by atoms with E-state index in [4.69, 9.17) is 28.9 Å². The lowest BCUT2D eigenvalue weighted by Crippen LogP contribution is -2.56.